The molecule has 0 aliphatic heterocycles. The van der Waals surface area contributed by atoms with Crippen LogP contribution in [0.5, 0.6) is 0 Å². The van der Waals surface area contributed by atoms with Crippen LogP contribution in [0.4, 0.5) is 0 Å². The number of alkyl halides is 3. The molecule has 0 bridgehead atoms. The van der Waals surface area contributed by atoms with E-state index in [9.17, 15) is 9.90 Å². The maximum atomic E-state index is 12.3. The van der Waals surface area contributed by atoms with Gasteiger partial charge in [-0.15, -0.1) is 0 Å². The van der Waals surface area contributed by atoms with Crippen molar-refractivity contribution in [1.82, 2.24) is 15.2 Å². The summed E-state index contributed by atoms with van der Waals surface area (Å²) < 4.78 is -1.99. The molecule has 0 fully saturated rings. The Labute approximate surface area is 120 Å². The van der Waals surface area contributed by atoms with Crippen LogP contribution in [0.2, 0.25) is 0 Å². The van der Waals surface area contributed by atoms with Gasteiger partial charge in [0.2, 0.25) is 3.79 Å². The van der Waals surface area contributed by atoms with E-state index in [1.54, 1.807) is 20.8 Å². The second-order valence-corrected chi connectivity index (χ2v) is 7.30. The zero-order chi connectivity index (χ0) is 14.1. The third-order valence-electron chi connectivity index (χ3n) is 2.38. The molecule has 0 aromatic carbocycles. The Morgan fingerprint density at radius 3 is 2.28 bits per heavy atom. The van der Waals surface area contributed by atoms with Crippen LogP contribution in [0.3, 0.4) is 0 Å². The van der Waals surface area contributed by atoms with E-state index in [0.29, 0.717) is 0 Å². The first-order chi connectivity index (χ1) is 8.05. The summed E-state index contributed by atoms with van der Waals surface area (Å²) in [4.78, 5) is 16.2. The smallest absolute Gasteiger partial charge is 0.217 e. The van der Waals surface area contributed by atoms with Crippen molar-refractivity contribution >= 4 is 40.6 Å². The molecule has 18 heavy (non-hydrogen) atoms. The van der Waals surface area contributed by atoms with Crippen molar-refractivity contribution < 1.29 is 9.90 Å². The number of rotatable bonds is 3. The minimum absolute atomic E-state index is 0.105. The number of Topliss-reactive ketones (excluding diaryl/α,β-unsaturated/α-hetero) is 1. The van der Waals surface area contributed by atoms with Crippen molar-refractivity contribution in [3.8, 4) is 0 Å². The third-order valence-corrected chi connectivity index (χ3v) is 3.06. The Morgan fingerprint density at radius 1 is 1.39 bits per heavy atom. The quantitative estimate of drug-likeness (QED) is 0.839. The molecule has 8 heteroatoms. The number of carbonyl (C=O) groups is 1. The predicted molar refractivity (Wildman–Crippen MR) is 69.9 cm³/mol. The lowest BCUT2D eigenvalue weighted by atomic mass is 9.80. The SMILES string of the molecule is CC(C)(C)C(=O)C(c1nc[nH]n1)C(O)C(Cl)(Cl)Cl. The summed E-state index contributed by atoms with van der Waals surface area (Å²) in [5.74, 6) is -1.29. The molecule has 0 radical (unpaired) electrons. The van der Waals surface area contributed by atoms with E-state index in [-0.39, 0.29) is 11.6 Å². The van der Waals surface area contributed by atoms with E-state index in [2.05, 4.69) is 15.2 Å². The monoisotopic (exact) mass is 313 g/mol. The van der Waals surface area contributed by atoms with Gasteiger partial charge in [-0.2, -0.15) is 5.10 Å². The van der Waals surface area contributed by atoms with Crippen LogP contribution in [0, 0.1) is 5.41 Å². The number of nitrogens with zero attached hydrogens (tertiary/aromatic N) is 2. The van der Waals surface area contributed by atoms with Crippen molar-refractivity contribution in [2.24, 2.45) is 5.41 Å². The number of hydrogen-bond acceptors (Lipinski definition) is 4. The van der Waals surface area contributed by atoms with Gasteiger partial charge < -0.3 is 5.11 Å². The molecular formula is C10H14Cl3N3O2. The maximum Gasteiger partial charge on any atom is 0.217 e. The van der Waals surface area contributed by atoms with Crippen LogP contribution in [0.15, 0.2) is 6.33 Å². The van der Waals surface area contributed by atoms with Crippen LogP contribution in [0.25, 0.3) is 0 Å². The summed E-state index contributed by atoms with van der Waals surface area (Å²) in [6, 6.07) is 0. The van der Waals surface area contributed by atoms with Gasteiger partial charge in [0.25, 0.3) is 0 Å². The molecule has 0 aliphatic carbocycles. The van der Waals surface area contributed by atoms with Gasteiger partial charge >= 0.3 is 0 Å². The molecule has 2 N–H and O–H groups in total. The minimum Gasteiger partial charge on any atom is -0.387 e. The van der Waals surface area contributed by atoms with E-state index in [1.165, 1.54) is 6.33 Å². The molecular weight excluding hydrogens is 300 g/mol. The first-order valence-electron chi connectivity index (χ1n) is 5.20. The Morgan fingerprint density at radius 2 is 1.94 bits per heavy atom. The molecule has 1 aromatic rings. The van der Waals surface area contributed by atoms with Gasteiger partial charge in [0.05, 0.1) is 0 Å². The Hall–Kier alpha value is -0.360. The number of aliphatic hydroxyl groups excluding tert-OH is 1. The number of ketones is 1. The number of nitrogens with one attached hydrogen (secondary N) is 1. The second-order valence-electron chi connectivity index (χ2n) is 4.94. The fourth-order valence-corrected chi connectivity index (χ4v) is 1.80. The summed E-state index contributed by atoms with van der Waals surface area (Å²) in [5.41, 5.74) is -0.720. The number of hydrogen-bond donors (Lipinski definition) is 2. The maximum absolute atomic E-state index is 12.3. The van der Waals surface area contributed by atoms with Crippen LogP contribution in [0.1, 0.15) is 32.5 Å². The van der Waals surface area contributed by atoms with Crippen molar-refractivity contribution in [3.05, 3.63) is 12.2 Å². The van der Waals surface area contributed by atoms with Crippen LogP contribution in [-0.4, -0.2) is 36.0 Å². The molecule has 1 rings (SSSR count). The Balaban J connectivity index is 3.17. The van der Waals surface area contributed by atoms with Crippen molar-refractivity contribution in [3.63, 3.8) is 0 Å². The molecule has 1 heterocycles. The molecule has 5 nitrogen and oxygen atoms in total. The van der Waals surface area contributed by atoms with Crippen LogP contribution < -0.4 is 0 Å². The lowest BCUT2D eigenvalue weighted by Crippen LogP contribution is -2.41. The van der Waals surface area contributed by atoms with Gasteiger partial charge in [-0.1, -0.05) is 55.6 Å². The first kappa shape index (κ1) is 15.7. The van der Waals surface area contributed by atoms with Crippen LogP contribution >= 0.6 is 34.8 Å². The fraction of sp³-hybridized carbons (Fsp3) is 0.700. The van der Waals surface area contributed by atoms with Gasteiger partial charge in [-0.25, -0.2) is 4.98 Å². The highest BCUT2D eigenvalue weighted by Gasteiger charge is 2.46. The number of H-pyrrole nitrogens is 1. The number of aromatic amines is 1. The summed E-state index contributed by atoms with van der Waals surface area (Å²) in [7, 11) is 0. The highest BCUT2D eigenvalue weighted by molar-refractivity contribution is 6.68. The van der Waals surface area contributed by atoms with Gasteiger partial charge in [0.15, 0.2) is 11.6 Å². The van der Waals surface area contributed by atoms with Gasteiger partial charge in [0, 0.05) is 5.41 Å². The fourth-order valence-electron chi connectivity index (χ4n) is 1.43. The first-order valence-corrected chi connectivity index (χ1v) is 6.33. The zero-order valence-electron chi connectivity index (χ0n) is 10.1. The largest absolute Gasteiger partial charge is 0.387 e. The minimum atomic E-state index is -1.99. The highest BCUT2D eigenvalue weighted by atomic mass is 35.6. The average molecular weight is 315 g/mol. The van der Waals surface area contributed by atoms with E-state index in [1.807, 2.05) is 0 Å². The van der Waals surface area contributed by atoms with Gasteiger partial charge in [-0.05, 0) is 0 Å². The molecule has 102 valence electrons. The number of carbonyl (C=O) groups excluding carboxylic acids is 1. The summed E-state index contributed by atoms with van der Waals surface area (Å²) in [5, 5.41) is 16.3. The molecule has 2 unspecified atom stereocenters. The molecule has 2 atom stereocenters. The predicted octanol–water partition coefficient (Wildman–Crippen LogP) is 2.23. The Kier molecular flexibility index (Phi) is 4.65. The number of aromatic nitrogens is 3. The highest BCUT2D eigenvalue weighted by Crippen LogP contribution is 2.39. The molecule has 0 aliphatic rings. The number of aliphatic hydroxyl groups is 1. The zero-order valence-corrected chi connectivity index (χ0v) is 12.4. The second kappa shape index (κ2) is 5.33. The third kappa shape index (κ3) is 3.57. The van der Waals surface area contributed by atoms with Gasteiger partial charge in [0.1, 0.15) is 18.3 Å². The Bertz CT molecular complexity index is 409. The lowest BCUT2D eigenvalue weighted by Gasteiger charge is -2.29. The summed E-state index contributed by atoms with van der Waals surface area (Å²) >= 11 is 17.0. The topological polar surface area (TPSA) is 78.9 Å². The summed E-state index contributed by atoms with van der Waals surface area (Å²) in [6.45, 7) is 5.13. The van der Waals surface area contributed by atoms with Crippen molar-refractivity contribution in [2.75, 3.05) is 0 Å². The molecule has 0 spiro atoms. The van der Waals surface area contributed by atoms with E-state index >= 15 is 0 Å². The van der Waals surface area contributed by atoms with E-state index < -0.39 is 21.2 Å². The summed E-state index contributed by atoms with van der Waals surface area (Å²) in [6.07, 6.45) is -0.228. The molecule has 1 aromatic heterocycles. The molecule has 0 amide bonds. The van der Waals surface area contributed by atoms with Crippen LogP contribution in [-0.2, 0) is 4.79 Å². The van der Waals surface area contributed by atoms with Crippen molar-refractivity contribution in [2.45, 2.75) is 36.6 Å². The molecule has 0 saturated heterocycles. The standard InChI is InChI=1S/C10H14Cl3N3O2/c1-9(2,3)6(17)5(7(18)10(11,12)13)8-14-4-15-16-8/h4-5,7,18H,1-3H3,(H,14,15,16). The lowest BCUT2D eigenvalue weighted by molar-refractivity contribution is -0.130. The average Bonchev–Trinajstić information content (AvgIpc) is 2.68. The van der Waals surface area contributed by atoms with Gasteiger partial charge in [-0.3, -0.25) is 9.89 Å². The number of halogens is 3. The van der Waals surface area contributed by atoms with E-state index in [4.69, 9.17) is 34.8 Å². The molecule has 0 saturated carbocycles. The van der Waals surface area contributed by atoms with Crippen molar-refractivity contribution in [1.29, 1.82) is 0 Å². The van der Waals surface area contributed by atoms with E-state index in [0.717, 1.165) is 0 Å². The normalized spacial score (nSPS) is 16.4.